The van der Waals surface area contributed by atoms with Gasteiger partial charge in [-0.2, -0.15) is 5.26 Å². The Bertz CT molecular complexity index is 547. The maximum absolute atomic E-state index is 9.05. The Hall–Kier alpha value is -1.86. The first-order valence-corrected chi connectivity index (χ1v) is 5.14. The summed E-state index contributed by atoms with van der Waals surface area (Å²) in [5.41, 5.74) is 8.31. The van der Waals surface area contributed by atoms with Gasteiger partial charge < -0.3 is 10.7 Å². The fraction of sp³-hybridized carbons (Fsp3) is 0.333. The Balaban J connectivity index is 2.44. The van der Waals surface area contributed by atoms with E-state index in [-0.39, 0.29) is 6.04 Å². The summed E-state index contributed by atoms with van der Waals surface area (Å²) in [6.07, 6.45) is 1.65. The Labute approximate surface area is 94.1 Å². The van der Waals surface area contributed by atoms with Crippen LogP contribution in [0.4, 0.5) is 0 Å². The van der Waals surface area contributed by atoms with E-state index in [1.807, 2.05) is 32.0 Å². The summed E-state index contributed by atoms with van der Waals surface area (Å²) >= 11 is 0. The molecule has 1 atom stereocenters. The number of nitrogens with two attached hydrogens (primary N) is 1. The average Bonchev–Trinajstić information content (AvgIpc) is 2.74. The third-order valence-electron chi connectivity index (χ3n) is 2.87. The Morgan fingerprint density at radius 3 is 2.94 bits per heavy atom. The number of benzene rings is 1. The topological polar surface area (TPSA) is 78.5 Å². The third kappa shape index (κ3) is 1.66. The van der Waals surface area contributed by atoms with Gasteiger partial charge in [-0.3, -0.25) is 0 Å². The molecule has 82 valence electrons. The summed E-state index contributed by atoms with van der Waals surface area (Å²) < 4.78 is 0. The largest absolute Gasteiger partial charge is 0.345 e. The van der Waals surface area contributed by atoms with Gasteiger partial charge in [0.1, 0.15) is 0 Å². The molecule has 1 aromatic carbocycles. The van der Waals surface area contributed by atoms with E-state index >= 15 is 0 Å². The number of aromatic nitrogens is 2. The van der Waals surface area contributed by atoms with Crippen LogP contribution in [0.15, 0.2) is 24.5 Å². The maximum Gasteiger partial charge on any atom is 0.0931 e. The molecule has 2 rings (SSSR count). The smallest absolute Gasteiger partial charge is 0.0931 e. The zero-order valence-corrected chi connectivity index (χ0v) is 9.36. The molecule has 2 aromatic rings. The van der Waals surface area contributed by atoms with Crippen molar-refractivity contribution in [2.24, 2.45) is 11.1 Å². The highest BCUT2D eigenvalue weighted by molar-refractivity contribution is 5.75. The van der Waals surface area contributed by atoms with E-state index < -0.39 is 5.41 Å². The zero-order chi connectivity index (χ0) is 11.8. The van der Waals surface area contributed by atoms with Gasteiger partial charge in [-0.1, -0.05) is 6.07 Å². The Morgan fingerprint density at radius 1 is 1.50 bits per heavy atom. The Morgan fingerprint density at radius 2 is 2.25 bits per heavy atom. The van der Waals surface area contributed by atoms with Crippen molar-refractivity contribution in [2.75, 3.05) is 0 Å². The van der Waals surface area contributed by atoms with Crippen molar-refractivity contribution in [2.45, 2.75) is 19.9 Å². The molecule has 4 nitrogen and oxygen atoms in total. The van der Waals surface area contributed by atoms with Gasteiger partial charge in [-0.05, 0) is 31.5 Å². The van der Waals surface area contributed by atoms with Gasteiger partial charge in [0.2, 0.25) is 0 Å². The molecule has 1 heterocycles. The molecule has 0 aliphatic carbocycles. The van der Waals surface area contributed by atoms with E-state index in [1.165, 1.54) is 0 Å². The number of aromatic amines is 1. The molecule has 0 spiro atoms. The molecule has 0 saturated carbocycles. The molecule has 0 amide bonds. The molecular formula is C12H14N4. The lowest BCUT2D eigenvalue weighted by molar-refractivity contribution is 0.394. The van der Waals surface area contributed by atoms with E-state index in [1.54, 1.807) is 6.33 Å². The first kappa shape index (κ1) is 10.7. The molecule has 1 aromatic heterocycles. The normalized spacial score (nSPS) is 13.6. The summed E-state index contributed by atoms with van der Waals surface area (Å²) in [5.74, 6) is 0. The van der Waals surface area contributed by atoms with Gasteiger partial charge in [0, 0.05) is 6.04 Å². The fourth-order valence-electron chi connectivity index (χ4n) is 1.63. The minimum atomic E-state index is -0.576. The van der Waals surface area contributed by atoms with Gasteiger partial charge in [-0.25, -0.2) is 4.98 Å². The highest BCUT2D eigenvalue weighted by Crippen LogP contribution is 2.31. The number of hydrogen-bond acceptors (Lipinski definition) is 3. The van der Waals surface area contributed by atoms with Gasteiger partial charge in [0.25, 0.3) is 0 Å². The lowest BCUT2D eigenvalue weighted by atomic mass is 9.82. The van der Waals surface area contributed by atoms with Crippen molar-refractivity contribution in [1.82, 2.24) is 9.97 Å². The first-order valence-electron chi connectivity index (χ1n) is 5.14. The van der Waals surface area contributed by atoms with Crippen molar-refractivity contribution < 1.29 is 0 Å². The van der Waals surface area contributed by atoms with Crippen LogP contribution in [0, 0.1) is 16.7 Å². The average molecular weight is 214 g/mol. The van der Waals surface area contributed by atoms with Crippen molar-refractivity contribution in [1.29, 1.82) is 5.26 Å². The standard InChI is InChI=1S/C12H14N4/c1-12(2,6-13)11(14)8-3-4-9-10(5-8)16-7-15-9/h3-5,7,11H,14H2,1-2H3,(H,15,16). The predicted octanol–water partition coefficient (Wildman–Crippen LogP) is 2.11. The van der Waals surface area contributed by atoms with Crippen LogP contribution in [0.25, 0.3) is 11.0 Å². The van der Waals surface area contributed by atoms with Crippen LogP contribution < -0.4 is 5.73 Å². The van der Waals surface area contributed by atoms with Gasteiger partial charge in [-0.15, -0.1) is 0 Å². The predicted molar refractivity (Wildman–Crippen MR) is 62.4 cm³/mol. The van der Waals surface area contributed by atoms with Gasteiger partial charge in [0.05, 0.1) is 28.8 Å². The number of fused-ring (bicyclic) bond motifs is 1. The number of nitriles is 1. The lowest BCUT2D eigenvalue weighted by Gasteiger charge is -2.24. The fourth-order valence-corrected chi connectivity index (χ4v) is 1.63. The summed E-state index contributed by atoms with van der Waals surface area (Å²) in [7, 11) is 0. The zero-order valence-electron chi connectivity index (χ0n) is 9.36. The Kier molecular flexibility index (Phi) is 2.41. The second kappa shape index (κ2) is 3.62. The van der Waals surface area contributed by atoms with E-state index in [2.05, 4.69) is 16.0 Å². The van der Waals surface area contributed by atoms with Crippen LogP contribution in [-0.4, -0.2) is 9.97 Å². The van der Waals surface area contributed by atoms with Gasteiger partial charge in [0.15, 0.2) is 0 Å². The van der Waals surface area contributed by atoms with Crippen molar-refractivity contribution in [3.05, 3.63) is 30.1 Å². The van der Waals surface area contributed by atoms with Crippen molar-refractivity contribution in [3.8, 4) is 6.07 Å². The number of rotatable bonds is 2. The minimum Gasteiger partial charge on any atom is -0.345 e. The van der Waals surface area contributed by atoms with Gasteiger partial charge >= 0.3 is 0 Å². The molecule has 0 bridgehead atoms. The summed E-state index contributed by atoms with van der Waals surface area (Å²) in [6, 6.07) is 7.72. The van der Waals surface area contributed by atoms with Crippen LogP contribution in [-0.2, 0) is 0 Å². The summed E-state index contributed by atoms with van der Waals surface area (Å²) in [4.78, 5) is 7.17. The second-order valence-corrected chi connectivity index (χ2v) is 4.49. The number of imidazole rings is 1. The molecule has 3 N–H and O–H groups in total. The molecular weight excluding hydrogens is 200 g/mol. The van der Waals surface area contributed by atoms with Crippen molar-refractivity contribution >= 4 is 11.0 Å². The van der Waals surface area contributed by atoms with E-state index in [4.69, 9.17) is 11.0 Å². The monoisotopic (exact) mass is 214 g/mol. The molecule has 0 aliphatic rings. The van der Waals surface area contributed by atoms with E-state index in [9.17, 15) is 0 Å². The number of hydrogen-bond donors (Lipinski definition) is 2. The highest BCUT2D eigenvalue weighted by atomic mass is 14.9. The number of nitrogens with one attached hydrogen (secondary N) is 1. The number of nitrogens with zero attached hydrogens (tertiary/aromatic N) is 2. The van der Waals surface area contributed by atoms with E-state index in [0.717, 1.165) is 16.6 Å². The second-order valence-electron chi connectivity index (χ2n) is 4.49. The van der Waals surface area contributed by atoms with Crippen molar-refractivity contribution in [3.63, 3.8) is 0 Å². The summed E-state index contributed by atoms with van der Waals surface area (Å²) in [6.45, 7) is 3.68. The third-order valence-corrected chi connectivity index (χ3v) is 2.87. The lowest BCUT2D eigenvalue weighted by Crippen LogP contribution is -2.27. The molecule has 0 saturated heterocycles. The molecule has 4 heteroatoms. The SMILES string of the molecule is CC(C)(C#N)C(N)c1ccc2nc[nH]c2c1. The molecule has 16 heavy (non-hydrogen) atoms. The van der Waals surface area contributed by atoms with E-state index in [0.29, 0.717) is 0 Å². The van der Waals surface area contributed by atoms with Crippen LogP contribution in [0.1, 0.15) is 25.5 Å². The summed E-state index contributed by atoms with van der Waals surface area (Å²) in [5, 5.41) is 9.05. The molecule has 0 fully saturated rings. The van der Waals surface area contributed by atoms with Crippen LogP contribution in [0.2, 0.25) is 0 Å². The molecule has 0 aliphatic heterocycles. The number of H-pyrrole nitrogens is 1. The minimum absolute atomic E-state index is 0.301. The maximum atomic E-state index is 9.05. The first-order chi connectivity index (χ1) is 7.54. The van der Waals surface area contributed by atoms with Crippen LogP contribution >= 0.6 is 0 Å². The molecule has 0 radical (unpaired) electrons. The molecule has 1 unspecified atom stereocenters. The van der Waals surface area contributed by atoms with Crippen LogP contribution in [0.5, 0.6) is 0 Å². The highest BCUT2D eigenvalue weighted by Gasteiger charge is 2.27. The van der Waals surface area contributed by atoms with Crippen LogP contribution in [0.3, 0.4) is 0 Å². The quantitative estimate of drug-likeness (QED) is 0.803.